The van der Waals surface area contributed by atoms with E-state index in [-0.39, 0.29) is 6.10 Å². The summed E-state index contributed by atoms with van der Waals surface area (Å²) in [7, 11) is 0. The van der Waals surface area contributed by atoms with E-state index in [0.29, 0.717) is 5.92 Å². The van der Waals surface area contributed by atoms with Crippen LogP contribution in [0.2, 0.25) is 0 Å². The smallest absolute Gasteiger partial charge is 0.196 e. The maximum Gasteiger partial charge on any atom is 0.196 e. The van der Waals surface area contributed by atoms with Gasteiger partial charge in [0.2, 0.25) is 0 Å². The van der Waals surface area contributed by atoms with Crippen LogP contribution in [0, 0.1) is 12.8 Å². The molecule has 1 aromatic carbocycles. The summed E-state index contributed by atoms with van der Waals surface area (Å²) in [5.74, 6) is 2.80. The Bertz CT molecular complexity index is 859. The number of rotatable bonds is 5. The minimum atomic E-state index is -0.195. The van der Waals surface area contributed by atoms with Crippen LogP contribution < -0.4 is 0 Å². The van der Waals surface area contributed by atoms with Gasteiger partial charge in [-0.3, -0.25) is 4.57 Å². The highest BCUT2D eigenvalue weighted by molar-refractivity contribution is 7.99. The number of hydrogen-bond donors (Lipinski definition) is 1. The Morgan fingerprint density at radius 2 is 1.96 bits per heavy atom. The molecule has 5 nitrogen and oxygen atoms in total. The van der Waals surface area contributed by atoms with E-state index >= 15 is 0 Å². The fourth-order valence-electron chi connectivity index (χ4n) is 3.53. The topological polar surface area (TPSA) is 64.1 Å². The molecule has 0 spiro atoms. The molecule has 1 aliphatic carbocycles. The van der Waals surface area contributed by atoms with E-state index in [1.165, 1.54) is 6.42 Å². The highest BCUT2D eigenvalue weighted by Crippen LogP contribution is 2.33. The van der Waals surface area contributed by atoms with Crippen LogP contribution in [-0.4, -0.2) is 31.7 Å². The van der Waals surface area contributed by atoms with Crippen molar-refractivity contribution in [2.45, 2.75) is 43.9 Å². The van der Waals surface area contributed by atoms with E-state index in [4.69, 9.17) is 4.42 Å². The normalized spacial score (nSPS) is 20.4. The second-order valence-electron chi connectivity index (χ2n) is 6.79. The lowest BCUT2D eigenvalue weighted by atomic mass is 9.88. The second kappa shape index (κ2) is 7.68. The Morgan fingerprint density at radius 3 is 2.69 bits per heavy atom. The first kappa shape index (κ1) is 17.4. The molecule has 2 unspecified atom stereocenters. The Labute approximate surface area is 157 Å². The van der Waals surface area contributed by atoms with Crippen molar-refractivity contribution in [1.29, 1.82) is 0 Å². The SMILES string of the molecule is Cc1occc1-c1nnc(SCC2CCCCC2O)n1-c1ccccc1. The summed E-state index contributed by atoms with van der Waals surface area (Å²) < 4.78 is 7.55. The van der Waals surface area contributed by atoms with Crippen LogP contribution in [-0.2, 0) is 0 Å². The molecule has 1 N–H and O–H groups in total. The Kier molecular flexibility index (Phi) is 5.13. The predicted octanol–water partition coefficient (Wildman–Crippen LogP) is 4.48. The van der Waals surface area contributed by atoms with Crippen LogP contribution in [0.5, 0.6) is 0 Å². The van der Waals surface area contributed by atoms with Gasteiger partial charge in [-0.25, -0.2) is 0 Å². The molecule has 6 heteroatoms. The molecule has 2 heterocycles. The number of aryl methyl sites for hydroxylation is 1. The van der Waals surface area contributed by atoms with Crippen molar-refractivity contribution in [1.82, 2.24) is 14.8 Å². The molecule has 2 atom stereocenters. The lowest BCUT2D eigenvalue weighted by Gasteiger charge is -2.26. The largest absolute Gasteiger partial charge is 0.469 e. The van der Waals surface area contributed by atoms with Crippen molar-refractivity contribution in [2.75, 3.05) is 5.75 Å². The van der Waals surface area contributed by atoms with Crippen LogP contribution >= 0.6 is 11.8 Å². The summed E-state index contributed by atoms with van der Waals surface area (Å²) >= 11 is 1.67. The van der Waals surface area contributed by atoms with E-state index in [1.54, 1.807) is 18.0 Å². The number of aliphatic hydroxyl groups excluding tert-OH is 1. The van der Waals surface area contributed by atoms with E-state index in [1.807, 2.05) is 31.2 Å². The van der Waals surface area contributed by atoms with Crippen LogP contribution in [0.3, 0.4) is 0 Å². The molecule has 0 radical (unpaired) electrons. The molecule has 1 aliphatic rings. The first-order valence-corrected chi connectivity index (χ1v) is 10.1. The number of benzene rings is 1. The molecule has 0 bridgehead atoms. The zero-order valence-corrected chi connectivity index (χ0v) is 15.7. The number of nitrogens with zero attached hydrogens (tertiary/aromatic N) is 3. The standard InChI is InChI=1S/C20H23N3O2S/c1-14-17(11-12-25-14)19-21-22-20(23(19)16-8-3-2-4-9-16)26-13-15-7-5-6-10-18(15)24/h2-4,8-9,11-12,15,18,24H,5-7,10,13H2,1H3. The van der Waals surface area contributed by atoms with Gasteiger partial charge in [0.15, 0.2) is 11.0 Å². The second-order valence-corrected chi connectivity index (χ2v) is 7.78. The number of aromatic nitrogens is 3. The average Bonchev–Trinajstić information content (AvgIpc) is 3.27. The zero-order valence-electron chi connectivity index (χ0n) is 14.8. The quantitative estimate of drug-likeness (QED) is 0.672. The van der Waals surface area contributed by atoms with Gasteiger partial charge in [-0.1, -0.05) is 42.8 Å². The van der Waals surface area contributed by atoms with E-state index < -0.39 is 0 Å². The maximum absolute atomic E-state index is 10.3. The third-order valence-corrected chi connectivity index (χ3v) is 6.16. The molecule has 0 aliphatic heterocycles. The Balaban J connectivity index is 1.66. The first-order valence-electron chi connectivity index (χ1n) is 9.10. The molecule has 2 aromatic heterocycles. The number of aliphatic hydroxyl groups is 1. The van der Waals surface area contributed by atoms with Gasteiger partial charge < -0.3 is 9.52 Å². The molecule has 0 amide bonds. The van der Waals surface area contributed by atoms with Crippen molar-refractivity contribution in [3.05, 3.63) is 48.4 Å². The lowest BCUT2D eigenvalue weighted by Crippen LogP contribution is -2.26. The minimum Gasteiger partial charge on any atom is -0.469 e. The molecule has 1 fully saturated rings. The fourth-order valence-corrected chi connectivity index (χ4v) is 4.70. The number of furan rings is 1. The number of hydrogen-bond acceptors (Lipinski definition) is 5. The van der Waals surface area contributed by atoms with E-state index in [9.17, 15) is 5.11 Å². The molecule has 1 saturated carbocycles. The highest BCUT2D eigenvalue weighted by Gasteiger charge is 2.25. The summed E-state index contributed by atoms with van der Waals surface area (Å²) in [5.41, 5.74) is 1.98. The van der Waals surface area contributed by atoms with Gasteiger partial charge >= 0.3 is 0 Å². The van der Waals surface area contributed by atoms with Crippen molar-refractivity contribution >= 4 is 11.8 Å². The average molecular weight is 369 g/mol. The third kappa shape index (κ3) is 3.44. The molecule has 26 heavy (non-hydrogen) atoms. The summed E-state index contributed by atoms with van der Waals surface area (Å²) in [6, 6.07) is 12.1. The van der Waals surface area contributed by atoms with E-state index in [0.717, 1.165) is 53.0 Å². The van der Waals surface area contributed by atoms with Crippen molar-refractivity contribution < 1.29 is 9.52 Å². The lowest BCUT2D eigenvalue weighted by molar-refractivity contribution is 0.0816. The molecule has 136 valence electrons. The molecular formula is C20H23N3O2S. The van der Waals surface area contributed by atoms with Crippen LogP contribution in [0.1, 0.15) is 31.4 Å². The highest BCUT2D eigenvalue weighted by atomic mass is 32.2. The van der Waals surface area contributed by atoms with Gasteiger partial charge in [-0.15, -0.1) is 10.2 Å². The van der Waals surface area contributed by atoms with Gasteiger partial charge in [-0.05, 0) is 43.9 Å². The van der Waals surface area contributed by atoms with Crippen LogP contribution in [0.15, 0.2) is 52.2 Å². The van der Waals surface area contributed by atoms with Gasteiger partial charge in [0.1, 0.15) is 5.76 Å². The maximum atomic E-state index is 10.3. The molecule has 4 rings (SSSR count). The summed E-state index contributed by atoms with van der Waals surface area (Å²) in [5, 5.41) is 20.0. The first-order chi connectivity index (χ1) is 12.7. The van der Waals surface area contributed by atoms with Crippen molar-refractivity contribution in [2.24, 2.45) is 5.92 Å². The van der Waals surface area contributed by atoms with Gasteiger partial charge in [0, 0.05) is 11.4 Å². The van der Waals surface area contributed by atoms with Gasteiger partial charge in [0.05, 0.1) is 17.9 Å². The fraction of sp³-hybridized carbons (Fsp3) is 0.400. The summed E-state index contributed by atoms with van der Waals surface area (Å²) in [4.78, 5) is 0. The Hall–Kier alpha value is -2.05. The number of para-hydroxylation sites is 1. The molecular weight excluding hydrogens is 346 g/mol. The van der Waals surface area contributed by atoms with E-state index in [2.05, 4.69) is 26.9 Å². The zero-order chi connectivity index (χ0) is 17.9. The minimum absolute atomic E-state index is 0.195. The third-order valence-electron chi connectivity index (χ3n) is 5.04. The summed E-state index contributed by atoms with van der Waals surface area (Å²) in [6.07, 6.45) is 5.82. The van der Waals surface area contributed by atoms with Crippen LogP contribution in [0.25, 0.3) is 17.1 Å². The van der Waals surface area contributed by atoms with Gasteiger partial charge in [-0.2, -0.15) is 0 Å². The molecule has 0 saturated heterocycles. The Morgan fingerprint density at radius 1 is 1.15 bits per heavy atom. The monoisotopic (exact) mass is 369 g/mol. The molecule has 3 aromatic rings. The summed E-state index contributed by atoms with van der Waals surface area (Å²) in [6.45, 7) is 1.94. The van der Waals surface area contributed by atoms with Gasteiger partial charge in [0.25, 0.3) is 0 Å². The van der Waals surface area contributed by atoms with Crippen LogP contribution in [0.4, 0.5) is 0 Å². The van der Waals surface area contributed by atoms with Crippen molar-refractivity contribution in [3.8, 4) is 17.1 Å². The number of thioether (sulfide) groups is 1. The predicted molar refractivity (Wildman–Crippen MR) is 102 cm³/mol. The van der Waals surface area contributed by atoms with Crippen molar-refractivity contribution in [3.63, 3.8) is 0 Å².